The lowest BCUT2D eigenvalue weighted by Crippen LogP contribution is -2.49. The van der Waals surface area contributed by atoms with Crippen molar-refractivity contribution in [2.45, 2.75) is 36.7 Å². The van der Waals surface area contributed by atoms with E-state index in [1.807, 2.05) is 67.7 Å². The van der Waals surface area contributed by atoms with Gasteiger partial charge in [0.15, 0.2) is 0 Å². The Labute approximate surface area is 218 Å². The van der Waals surface area contributed by atoms with Crippen LogP contribution in [0.15, 0.2) is 83.8 Å². The molecule has 0 aliphatic carbocycles. The molecule has 2 amide bonds. The van der Waals surface area contributed by atoms with E-state index in [0.29, 0.717) is 31.6 Å². The van der Waals surface area contributed by atoms with E-state index in [1.54, 1.807) is 12.1 Å². The van der Waals surface area contributed by atoms with Gasteiger partial charge >= 0.3 is 0 Å². The highest BCUT2D eigenvalue weighted by Gasteiger charge is 2.27. The van der Waals surface area contributed by atoms with Crippen LogP contribution in [0.4, 0.5) is 5.69 Å². The fourth-order valence-electron chi connectivity index (χ4n) is 4.29. The summed E-state index contributed by atoms with van der Waals surface area (Å²) < 4.78 is 29.2. The van der Waals surface area contributed by atoms with Crippen molar-refractivity contribution in [2.24, 2.45) is 0 Å². The minimum atomic E-state index is -3.99. The van der Waals surface area contributed by atoms with Gasteiger partial charge in [0, 0.05) is 31.7 Å². The lowest BCUT2D eigenvalue weighted by Gasteiger charge is -2.22. The summed E-state index contributed by atoms with van der Waals surface area (Å²) in [6, 6.07) is 23.0. The van der Waals surface area contributed by atoms with Gasteiger partial charge in [0.2, 0.25) is 21.8 Å². The molecule has 0 saturated carbocycles. The standard InChI is InChI=1S/C28H32N4O4S/c1-32(20-22-10-6-3-7-11-22)17-16-29-28(34)26(18-21-8-4-2-5-9-21)31-37(35,36)24-13-14-25-23(19-24)12-15-27(33)30-25/h2-11,13-14,19,26,31H,12,15-18,20H2,1H3,(H,29,34)(H,30,33)/t26-/m1/s1. The quantitative estimate of drug-likeness (QED) is 0.360. The molecule has 0 spiro atoms. The summed E-state index contributed by atoms with van der Waals surface area (Å²) >= 11 is 0. The smallest absolute Gasteiger partial charge is 0.241 e. The zero-order valence-corrected chi connectivity index (χ0v) is 21.6. The van der Waals surface area contributed by atoms with E-state index in [9.17, 15) is 18.0 Å². The molecule has 9 heteroatoms. The Morgan fingerprint density at radius 1 is 0.973 bits per heavy atom. The average molecular weight is 521 g/mol. The zero-order chi connectivity index (χ0) is 26.3. The highest BCUT2D eigenvalue weighted by molar-refractivity contribution is 7.89. The molecule has 4 rings (SSSR count). The molecule has 0 fully saturated rings. The monoisotopic (exact) mass is 520 g/mol. The number of amides is 2. The molecule has 0 radical (unpaired) electrons. The van der Waals surface area contributed by atoms with Gasteiger partial charge in [-0.25, -0.2) is 8.42 Å². The number of hydrogen-bond acceptors (Lipinski definition) is 5. The Kier molecular flexibility index (Phi) is 8.70. The van der Waals surface area contributed by atoms with Gasteiger partial charge in [-0.15, -0.1) is 0 Å². The van der Waals surface area contributed by atoms with E-state index < -0.39 is 16.1 Å². The summed E-state index contributed by atoms with van der Waals surface area (Å²) in [4.78, 5) is 27.0. The molecule has 8 nitrogen and oxygen atoms in total. The predicted molar refractivity (Wildman–Crippen MR) is 143 cm³/mol. The fraction of sp³-hybridized carbons (Fsp3) is 0.286. The van der Waals surface area contributed by atoms with Crippen LogP contribution in [0.1, 0.15) is 23.1 Å². The largest absolute Gasteiger partial charge is 0.353 e. The molecule has 1 heterocycles. The van der Waals surface area contributed by atoms with E-state index in [0.717, 1.165) is 17.7 Å². The van der Waals surface area contributed by atoms with E-state index in [1.165, 1.54) is 11.6 Å². The molecule has 0 unspecified atom stereocenters. The number of likely N-dealkylation sites (N-methyl/N-ethyl adjacent to an activating group) is 1. The third-order valence-corrected chi connectivity index (χ3v) is 7.74. The van der Waals surface area contributed by atoms with Gasteiger partial charge in [-0.05, 0) is 54.8 Å². The summed E-state index contributed by atoms with van der Waals surface area (Å²) in [6.07, 6.45) is 0.989. The number of hydrogen-bond donors (Lipinski definition) is 3. The number of sulfonamides is 1. The maximum atomic E-state index is 13.3. The Hall–Kier alpha value is -3.53. The van der Waals surface area contributed by atoms with Gasteiger partial charge in [-0.3, -0.25) is 9.59 Å². The van der Waals surface area contributed by atoms with Crippen molar-refractivity contribution in [2.75, 3.05) is 25.5 Å². The lowest BCUT2D eigenvalue weighted by atomic mass is 10.0. The number of aryl methyl sites for hydroxylation is 1. The molecule has 37 heavy (non-hydrogen) atoms. The Morgan fingerprint density at radius 3 is 2.35 bits per heavy atom. The molecule has 1 aliphatic heterocycles. The fourth-order valence-corrected chi connectivity index (χ4v) is 5.53. The number of fused-ring (bicyclic) bond motifs is 1. The molecule has 0 saturated heterocycles. The number of benzene rings is 3. The molecule has 194 valence electrons. The molecule has 3 aromatic rings. The van der Waals surface area contributed by atoms with Crippen LogP contribution in [0.5, 0.6) is 0 Å². The molecule has 3 N–H and O–H groups in total. The summed E-state index contributed by atoms with van der Waals surface area (Å²) in [5.74, 6) is -0.471. The van der Waals surface area contributed by atoms with E-state index in [4.69, 9.17) is 0 Å². The maximum absolute atomic E-state index is 13.3. The van der Waals surface area contributed by atoms with Crippen molar-refractivity contribution in [1.29, 1.82) is 0 Å². The highest BCUT2D eigenvalue weighted by atomic mass is 32.2. The van der Waals surface area contributed by atoms with E-state index in [-0.39, 0.29) is 23.1 Å². The van der Waals surface area contributed by atoms with Crippen molar-refractivity contribution in [3.63, 3.8) is 0 Å². The maximum Gasteiger partial charge on any atom is 0.241 e. The summed E-state index contributed by atoms with van der Waals surface area (Å²) in [7, 11) is -2.01. The van der Waals surface area contributed by atoms with Crippen LogP contribution in [0.3, 0.4) is 0 Å². The number of nitrogens with zero attached hydrogens (tertiary/aromatic N) is 1. The van der Waals surface area contributed by atoms with Crippen LogP contribution in [0, 0.1) is 0 Å². The van der Waals surface area contributed by atoms with Gasteiger partial charge in [0.1, 0.15) is 6.04 Å². The van der Waals surface area contributed by atoms with Crippen molar-refractivity contribution in [3.8, 4) is 0 Å². The summed E-state index contributed by atoms with van der Waals surface area (Å²) in [6.45, 7) is 1.74. The average Bonchev–Trinajstić information content (AvgIpc) is 2.89. The van der Waals surface area contributed by atoms with Crippen LogP contribution in [-0.4, -0.2) is 51.3 Å². The Balaban J connectivity index is 1.43. The number of carbonyl (C=O) groups excluding carboxylic acids is 2. The van der Waals surface area contributed by atoms with E-state index >= 15 is 0 Å². The van der Waals surface area contributed by atoms with Gasteiger partial charge in [0.25, 0.3) is 0 Å². The first-order valence-corrected chi connectivity index (χ1v) is 13.8. The predicted octanol–water partition coefficient (Wildman–Crippen LogP) is 2.71. The summed E-state index contributed by atoms with van der Waals surface area (Å²) in [5.41, 5.74) is 3.40. The lowest BCUT2D eigenvalue weighted by molar-refractivity contribution is -0.122. The Bertz CT molecular complexity index is 1330. The highest BCUT2D eigenvalue weighted by Crippen LogP contribution is 2.25. The van der Waals surface area contributed by atoms with Crippen molar-refractivity contribution >= 4 is 27.5 Å². The zero-order valence-electron chi connectivity index (χ0n) is 20.8. The normalized spacial score (nSPS) is 14.1. The molecule has 0 bridgehead atoms. The van der Waals surface area contributed by atoms with Gasteiger partial charge in [-0.2, -0.15) is 4.72 Å². The molecule has 1 aliphatic rings. The van der Waals surface area contributed by atoms with Gasteiger partial charge < -0.3 is 15.5 Å². The van der Waals surface area contributed by atoms with Crippen molar-refractivity contribution in [1.82, 2.24) is 14.9 Å². The van der Waals surface area contributed by atoms with Crippen LogP contribution >= 0.6 is 0 Å². The molecule has 0 aromatic heterocycles. The first-order valence-electron chi connectivity index (χ1n) is 12.3. The molecule has 3 aromatic carbocycles. The SMILES string of the molecule is CN(CCNC(=O)[C@@H](Cc1ccccc1)NS(=O)(=O)c1ccc2c(c1)CCC(=O)N2)Cc1ccccc1. The second-order valence-corrected chi connectivity index (χ2v) is 11.0. The van der Waals surface area contributed by atoms with Crippen LogP contribution in [0.2, 0.25) is 0 Å². The number of nitrogens with one attached hydrogen (secondary N) is 3. The third-order valence-electron chi connectivity index (χ3n) is 6.27. The minimum absolute atomic E-state index is 0.0656. The van der Waals surface area contributed by atoms with E-state index in [2.05, 4.69) is 20.3 Å². The summed E-state index contributed by atoms with van der Waals surface area (Å²) in [5, 5.41) is 5.65. The van der Waals surface area contributed by atoms with Crippen molar-refractivity contribution < 1.29 is 18.0 Å². The van der Waals surface area contributed by atoms with Gasteiger partial charge in [-0.1, -0.05) is 60.7 Å². The first kappa shape index (κ1) is 26.5. The Morgan fingerprint density at radius 2 is 1.65 bits per heavy atom. The molecule has 1 atom stereocenters. The van der Waals surface area contributed by atoms with Crippen molar-refractivity contribution in [3.05, 3.63) is 95.6 Å². The topological polar surface area (TPSA) is 108 Å². The third kappa shape index (κ3) is 7.48. The van der Waals surface area contributed by atoms with Crippen LogP contribution in [0.25, 0.3) is 0 Å². The molecular formula is C28H32N4O4S. The number of rotatable bonds is 11. The first-order chi connectivity index (χ1) is 17.8. The van der Waals surface area contributed by atoms with Gasteiger partial charge in [0.05, 0.1) is 4.90 Å². The number of anilines is 1. The number of carbonyl (C=O) groups is 2. The minimum Gasteiger partial charge on any atom is -0.353 e. The second-order valence-electron chi connectivity index (χ2n) is 9.25. The van der Waals surface area contributed by atoms with Crippen LogP contribution in [-0.2, 0) is 39.0 Å². The molecular weight excluding hydrogens is 488 g/mol. The second kappa shape index (κ2) is 12.1. The van der Waals surface area contributed by atoms with Crippen LogP contribution < -0.4 is 15.4 Å².